The maximum atomic E-state index is 12.8. The number of benzene rings is 1. The van der Waals surface area contributed by atoms with E-state index in [-0.39, 0.29) is 17.7 Å². The molecule has 25 heavy (non-hydrogen) atoms. The Morgan fingerprint density at radius 1 is 1.08 bits per heavy atom. The van der Waals surface area contributed by atoms with Gasteiger partial charge in [-0.3, -0.25) is 14.4 Å². The molecule has 0 atom stereocenters. The molecule has 1 aliphatic rings. The summed E-state index contributed by atoms with van der Waals surface area (Å²) in [4.78, 5) is 40.2. The minimum atomic E-state index is -1.22. The van der Waals surface area contributed by atoms with Crippen molar-refractivity contribution < 1.29 is 14.4 Å². The standard InChI is InChI=1S/C18H24ClN3O3/c1-12-14(19)6-5-7-15(12)20-16(24)18(3,4)17(25)22-10-8-21(9-11-22)13(2)23/h5-7H,8-11H2,1-4H3,(H,20,24). The van der Waals surface area contributed by atoms with Gasteiger partial charge in [0.25, 0.3) is 0 Å². The van der Waals surface area contributed by atoms with E-state index in [0.717, 1.165) is 5.56 Å². The van der Waals surface area contributed by atoms with Crippen LogP contribution in [0.25, 0.3) is 0 Å². The topological polar surface area (TPSA) is 69.7 Å². The molecular formula is C18H24ClN3O3. The van der Waals surface area contributed by atoms with Crippen molar-refractivity contribution in [2.24, 2.45) is 5.41 Å². The first kappa shape index (κ1) is 19.2. The first-order valence-corrected chi connectivity index (χ1v) is 8.64. The minimum absolute atomic E-state index is 0.000494. The summed E-state index contributed by atoms with van der Waals surface area (Å²) < 4.78 is 0. The zero-order valence-corrected chi connectivity index (χ0v) is 15.8. The monoisotopic (exact) mass is 365 g/mol. The van der Waals surface area contributed by atoms with Crippen LogP contribution in [-0.4, -0.2) is 53.7 Å². The molecule has 1 heterocycles. The molecule has 0 spiro atoms. The van der Waals surface area contributed by atoms with Gasteiger partial charge in [0.2, 0.25) is 17.7 Å². The zero-order chi connectivity index (χ0) is 18.8. The zero-order valence-electron chi connectivity index (χ0n) is 15.1. The van der Waals surface area contributed by atoms with E-state index >= 15 is 0 Å². The molecule has 3 amide bonds. The summed E-state index contributed by atoms with van der Waals surface area (Å²) in [6.45, 7) is 8.41. The van der Waals surface area contributed by atoms with E-state index in [0.29, 0.717) is 36.9 Å². The average Bonchev–Trinajstić information content (AvgIpc) is 2.58. The number of nitrogens with one attached hydrogen (secondary N) is 1. The number of amides is 3. The Morgan fingerprint density at radius 3 is 2.20 bits per heavy atom. The molecule has 0 unspecified atom stereocenters. The van der Waals surface area contributed by atoms with Gasteiger partial charge in [0.15, 0.2) is 0 Å². The number of hydrogen-bond donors (Lipinski definition) is 1. The smallest absolute Gasteiger partial charge is 0.239 e. The van der Waals surface area contributed by atoms with Gasteiger partial charge in [-0.2, -0.15) is 0 Å². The van der Waals surface area contributed by atoms with Crippen LogP contribution in [0.3, 0.4) is 0 Å². The van der Waals surface area contributed by atoms with Gasteiger partial charge in [-0.25, -0.2) is 0 Å². The number of carbonyl (C=O) groups is 3. The molecule has 2 rings (SSSR count). The molecule has 1 N–H and O–H groups in total. The van der Waals surface area contributed by atoms with Crippen LogP contribution in [0.4, 0.5) is 5.69 Å². The van der Waals surface area contributed by atoms with Gasteiger partial charge in [0.1, 0.15) is 5.41 Å². The molecular weight excluding hydrogens is 342 g/mol. The van der Waals surface area contributed by atoms with Crippen molar-refractivity contribution in [2.75, 3.05) is 31.5 Å². The van der Waals surface area contributed by atoms with Crippen LogP contribution >= 0.6 is 11.6 Å². The van der Waals surface area contributed by atoms with Crippen molar-refractivity contribution >= 4 is 35.0 Å². The van der Waals surface area contributed by atoms with Gasteiger partial charge in [-0.1, -0.05) is 17.7 Å². The minimum Gasteiger partial charge on any atom is -0.339 e. The summed E-state index contributed by atoms with van der Waals surface area (Å²) in [5, 5.41) is 3.36. The normalized spacial score (nSPS) is 15.1. The van der Waals surface area contributed by atoms with Crippen LogP contribution in [0, 0.1) is 12.3 Å². The first-order chi connectivity index (χ1) is 11.6. The number of nitrogens with zero attached hydrogens (tertiary/aromatic N) is 2. The number of hydrogen-bond acceptors (Lipinski definition) is 3. The van der Waals surface area contributed by atoms with Crippen molar-refractivity contribution in [3.05, 3.63) is 28.8 Å². The molecule has 1 fully saturated rings. The van der Waals surface area contributed by atoms with Gasteiger partial charge < -0.3 is 15.1 Å². The molecule has 1 aliphatic heterocycles. The molecule has 6 nitrogen and oxygen atoms in total. The fourth-order valence-electron chi connectivity index (χ4n) is 2.74. The molecule has 7 heteroatoms. The van der Waals surface area contributed by atoms with E-state index in [1.165, 1.54) is 6.92 Å². The van der Waals surface area contributed by atoms with E-state index in [9.17, 15) is 14.4 Å². The highest BCUT2D eigenvalue weighted by Gasteiger charge is 2.40. The summed E-state index contributed by atoms with van der Waals surface area (Å²) in [7, 11) is 0. The second-order valence-electron chi connectivity index (χ2n) is 6.79. The fourth-order valence-corrected chi connectivity index (χ4v) is 2.91. The number of rotatable bonds is 3. The van der Waals surface area contributed by atoms with E-state index in [2.05, 4.69) is 5.32 Å². The summed E-state index contributed by atoms with van der Waals surface area (Å²) in [5.74, 6) is -0.620. The molecule has 1 saturated heterocycles. The Kier molecular flexibility index (Phi) is 5.72. The molecule has 0 aliphatic carbocycles. The van der Waals surface area contributed by atoms with Crippen molar-refractivity contribution in [2.45, 2.75) is 27.7 Å². The molecule has 136 valence electrons. The van der Waals surface area contributed by atoms with Crippen LogP contribution in [0.5, 0.6) is 0 Å². The molecule has 0 aromatic heterocycles. The lowest BCUT2D eigenvalue weighted by molar-refractivity contribution is -0.149. The fraction of sp³-hybridized carbons (Fsp3) is 0.500. The lowest BCUT2D eigenvalue weighted by Gasteiger charge is -2.37. The SMILES string of the molecule is CC(=O)N1CCN(C(=O)C(C)(C)C(=O)Nc2cccc(Cl)c2C)CC1. The van der Waals surface area contributed by atoms with E-state index in [1.807, 2.05) is 6.92 Å². The molecule has 0 radical (unpaired) electrons. The van der Waals surface area contributed by atoms with Crippen LogP contribution in [-0.2, 0) is 14.4 Å². The summed E-state index contributed by atoms with van der Waals surface area (Å²) in [5.41, 5.74) is 0.142. The quantitative estimate of drug-likeness (QED) is 0.835. The Labute approximate surface area is 153 Å². The van der Waals surface area contributed by atoms with Crippen LogP contribution in [0.2, 0.25) is 5.02 Å². The van der Waals surface area contributed by atoms with Crippen LogP contribution < -0.4 is 5.32 Å². The number of halogens is 1. The number of anilines is 1. The van der Waals surface area contributed by atoms with E-state index < -0.39 is 5.41 Å². The number of carbonyl (C=O) groups excluding carboxylic acids is 3. The number of piperazine rings is 1. The Balaban J connectivity index is 2.06. The van der Waals surface area contributed by atoms with Crippen molar-refractivity contribution in [1.29, 1.82) is 0 Å². The second-order valence-corrected chi connectivity index (χ2v) is 7.20. The Morgan fingerprint density at radius 2 is 1.64 bits per heavy atom. The Bertz CT molecular complexity index is 695. The lowest BCUT2D eigenvalue weighted by Crippen LogP contribution is -2.55. The third kappa shape index (κ3) is 4.12. The largest absolute Gasteiger partial charge is 0.339 e. The highest BCUT2D eigenvalue weighted by molar-refractivity contribution is 6.31. The van der Waals surface area contributed by atoms with E-state index in [4.69, 9.17) is 11.6 Å². The van der Waals surface area contributed by atoms with Crippen LogP contribution in [0.1, 0.15) is 26.3 Å². The highest BCUT2D eigenvalue weighted by Crippen LogP contribution is 2.27. The summed E-state index contributed by atoms with van der Waals surface area (Å²) >= 11 is 6.08. The first-order valence-electron chi connectivity index (χ1n) is 8.26. The van der Waals surface area contributed by atoms with Gasteiger partial charge >= 0.3 is 0 Å². The van der Waals surface area contributed by atoms with Crippen molar-refractivity contribution in [3.63, 3.8) is 0 Å². The van der Waals surface area contributed by atoms with Crippen LogP contribution in [0.15, 0.2) is 18.2 Å². The third-order valence-corrected chi connectivity index (χ3v) is 5.04. The predicted molar refractivity (Wildman–Crippen MR) is 97.4 cm³/mol. The van der Waals surface area contributed by atoms with Gasteiger partial charge in [-0.05, 0) is 38.5 Å². The average molecular weight is 366 g/mol. The van der Waals surface area contributed by atoms with E-state index in [1.54, 1.807) is 41.8 Å². The van der Waals surface area contributed by atoms with Crippen molar-refractivity contribution in [3.8, 4) is 0 Å². The molecule has 0 bridgehead atoms. The third-order valence-electron chi connectivity index (χ3n) is 4.63. The lowest BCUT2D eigenvalue weighted by atomic mass is 9.89. The molecule has 1 aromatic rings. The maximum absolute atomic E-state index is 12.8. The van der Waals surface area contributed by atoms with Crippen molar-refractivity contribution in [1.82, 2.24) is 9.80 Å². The predicted octanol–water partition coefficient (Wildman–Crippen LogP) is 2.30. The summed E-state index contributed by atoms with van der Waals surface area (Å²) in [6.07, 6.45) is 0. The van der Waals surface area contributed by atoms with Gasteiger partial charge in [0, 0.05) is 43.8 Å². The Hall–Kier alpha value is -2.08. The second kappa shape index (κ2) is 7.44. The maximum Gasteiger partial charge on any atom is 0.239 e. The summed E-state index contributed by atoms with van der Waals surface area (Å²) in [6, 6.07) is 5.25. The molecule has 0 saturated carbocycles. The van der Waals surface area contributed by atoms with Gasteiger partial charge in [0.05, 0.1) is 0 Å². The molecule has 1 aromatic carbocycles. The highest BCUT2D eigenvalue weighted by atomic mass is 35.5. The van der Waals surface area contributed by atoms with Gasteiger partial charge in [-0.15, -0.1) is 0 Å².